The third-order valence-electron chi connectivity index (χ3n) is 7.12. The number of hydrogen-bond acceptors (Lipinski definition) is 7. The summed E-state index contributed by atoms with van der Waals surface area (Å²) in [5.74, 6) is -2.05. The molecule has 2 aliphatic carbocycles. The van der Waals surface area contributed by atoms with E-state index in [1.165, 1.54) is 12.1 Å². The fraction of sp³-hybridized carbons (Fsp3) is 0.600. The van der Waals surface area contributed by atoms with E-state index in [9.17, 15) is 27.9 Å². The van der Waals surface area contributed by atoms with Crippen LogP contribution < -0.4 is 4.74 Å². The number of ether oxygens (including phenoxy) is 2. The van der Waals surface area contributed by atoms with Crippen molar-refractivity contribution in [2.45, 2.75) is 83.2 Å². The molecule has 2 aliphatic rings. The Labute approximate surface area is 217 Å². The second-order valence-corrected chi connectivity index (χ2v) is 10.6. The molecule has 2 heterocycles. The van der Waals surface area contributed by atoms with Crippen molar-refractivity contribution >= 4 is 23.6 Å². The molecule has 0 saturated heterocycles. The van der Waals surface area contributed by atoms with Gasteiger partial charge < -0.3 is 19.5 Å². The average Bonchev–Trinajstić information content (AvgIpc) is 3.52. The van der Waals surface area contributed by atoms with Crippen molar-refractivity contribution in [1.29, 1.82) is 0 Å². The van der Waals surface area contributed by atoms with Gasteiger partial charge in [-0.2, -0.15) is 17.5 Å². The number of aromatic nitrogens is 2. The van der Waals surface area contributed by atoms with Gasteiger partial charge in [-0.25, -0.2) is 9.78 Å². The van der Waals surface area contributed by atoms with E-state index in [1.54, 1.807) is 18.9 Å². The van der Waals surface area contributed by atoms with E-state index < -0.39 is 41.7 Å². The van der Waals surface area contributed by atoms with Crippen molar-refractivity contribution in [2.75, 3.05) is 7.05 Å². The maximum atomic E-state index is 14.0. The predicted molar refractivity (Wildman–Crippen MR) is 129 cm³/mol. The first-order chi connectivity index (χ1) is 17.5. The molecule has 2 atom stereocenters. The van der Waals surface area contributed by atoms with E-state index in [-0.39, 0.29) is 30.5 Å². The van der Waals surface area contributed by atoms with Gasteiger partial charge in [0.05, 0.1) is 17.7 Å². The first-order valence-corrected chi connectivity index (χ1v) is 13.1. The van der Waals surface area contributed by atoms with Gasteiger partial charge in [-0.1, -0.05) is 12.8 Å². The Bertz CT molecular complexity index is 1130. The molecule has 0 aliphatic heterocycles. The van der Waals surface area contributed by atoms with Gasteiger partial charge in [0.2, 0.25) is 0 Å². The van der Waals surface area contributed by atoms with Crippen molar-refractivity contribution in [3.05, 3.63) is 28.3 Å². The first kappa shape index (κ1) is 27.2. The lowest BCUT2D eigenvalue weighted by molar-refractivity contribution is -0.146. The van der Waals surface area contributed by atoms with Crippen LogP contribution in [0, 0.1) is 12.8 Å². The summed E-state index contributed by atoms with van der Waals surface area (Å²) in [7, 11) is 1.69. The highest BCUT2D eigenvalue weighted by Crippen LogP contribution is 2.39. The number of aryl methyl sites for hydroxylation is 1. The zero-order valence-electron chi connectivity index (χ0n) is 20.7. The highest BCUT2D eigenvalue weighted by molar-refractivity contribution is 7.06. The van der Waals surface area contributed by atoms with E-state index in [0.29, 0.717) is 29.7 Å². The smallest absolute Gasteiger partial charge is 0.437 e. The quantitative estimate of drug-likeness (QED) is 0.454. The van der Waals surface area contributed by atoms with E-state index >= 15 is 0 Å². The van der Waals surface area contributed by atoms with Gasteiger partial charge in [0.15, 0.2) is 11.4 Å². The Morgan fingerprint density at radius 1 is 1.16 bits per heavy atom. The lowest BCUT2D eigenvalue weighted by Crippen LogP contribution is -2.35. The summed E-state index contributed by atoms with van der Waals surface area (Å²) >= 11 is 1.10. The second-order valence-electron chi connectivity index (χ2n) is 9.65. The number of carboxylic acid groups (broad SMARTS) is 1. The Balaban J connectivity index is 1.53. The molecule has 202 valence electrons. The molecule has 0 bridgehead atoms. The number of halogens is 3. The topological polar surface area (TPSA) is 102 Å². The molecule has 0 unspecified atom stereocenters. The van der Waals surface area contributed by atoms with Crippen molar-refractivity contribution in [3.63, 3.8) is 0 Å². The minimum atomic E-state index is -4.80. The van der Waals surface area contributed by atoms with Crippen molar-refractivity contribution < 1.29 is 37.3 Å². The Morgan fingerprint density at radius 2 is 1.89 bits per heavy atom. The van der Waals surface area contributed by atoms with Crippen LogP contribution in [0.3, 0.4) is 0 Å². The molecule has 2 aromatic rings. The molecule has 0 spiro atoms. The van der Waals surface area contributed by atoms with Gasteiger partial charge in [-0.05, 0) is 69.1 Å². The maximum Gasteiger partial charge on any atom is 0.437 e. The molecule has 12 heteroatoms. The molecule has 8 nitrogen and oxygen atoms in total. The van der Waals surface area contributed by atoms with Gasteiger partial charge in [-0.15, -0.1) is 0 Å². The summed E-state index contributed by atoms with van der Waals surface area (Å²) in [5, 5.41) is 9.27. The Hall–Kier alpha value is -2.89. The van der Waals surface area contributed by atoms with Gasteiger partial charge in [0, 0.05) is 23.5 Å². The van der Waals surface area contributed by atoms with E-state index in [0.717, 1.165) is 37.2 Å². The van der Waals surface area contributed by atoms with Crippen LogP contribution >= 0.6 is 11.5 Å². The summed E-state index contributed by atoms with van der Waals surface area (Å²) in [6.45, 7) is 1.63. The highest BCUT2D eigenvalue weighted by atomic mass is 32.1. The molecule has 37 heavy (non-hydrogen) atoms. The van der Waals surface area contributed by atoms with Crippen LogP contribution in [-0.4, -0.2) is 50.6 Å². The number of pyridine rings is 1. The summed E-state index contributed by atoms with van der Waals surface area (Å²) in [5.41, 5.74) is -0.480. The molecule has 0 aromatic carbocycles. The minimum absolute atomic E-state index is 0.00808. The number of amides is 1. The third kappa shape index (κ3) is 6.34. The monoisotopic (exact) mass is 541 g/mol. The number of carboxylic acids is 1. The van der Waals surface area contributed by atoms with E-state index in [4.69, 9.17) is 9.47 Å². The van der Waals surface area contributed by atoms with Crippen molar-refractivity contribution in [3.8, 4) is 17.1 Å². The lowest BCUT2D eigenvalue weighted by Gasteiger charge is -2.28. The van der Waals surface area contributed by atoms with Crippen LogP contribution in [0.5, 0.6) is 5.75 Å². The zero-order chi connectivity index (χ0) is 26.7. The number of hydrogen-bond donors (Lipinski definition) is 1. The average molecular weight is 542 g/mol. The summed E-state index contributed by atoms with van der Waals surface area (Å²) in [4.78, 5) is 30.0. The lowest BCUT2D eigenvalue weighted by atomic mass is 9.87. The molecular formula is C25H30F3N3O5S. The van der Waals surface area contributed by atoms with Crippen LogP contribution in [0.25, 0.3) is 11.4 Å². The molecule has 2 fully saturated rings. The maximum absolute atomic E-state index is 14.0. The second kappa shape index (κ2) is 11.2. The molecule has 4 rings (SSSR count). The number of aliphatic carboxylic acids is 1. The van der Waals surface area contributed by atoms with Gasteiger partial charge in [-0.3, -0.25) is 4.79 Å². The SMILES string of the molecule is Cc1snc(-c2ccc(O[C@H]3CCC[C@H](C(=O)O)C3)c(C(F)(F)F)n2)c1COC(=O)N(C)C1CCCC1. The van der Waals surface area contributed by atoms with E-state index in [2.05, 4.69) is 9.36 Å². The molecule has 1 amide bonds. The minimum Gasteiger partial charge on any atom is -0.488 e. The van der Waals surface area contributed by atoms with Crippen LogP contribution in [0.15, 0.2) is 12.1 Å². The zero-order valence-corrected chi connectivity index (χ0v) is 21.5. The number of nitrogens with zero attached hydrogens (tertiary/aromatic N) is 3. The van der Waals surface area contributed by atoms with Crippen molar-refractivity contribution in [1.82, 2.24) is 14.3 Å². The van der Waals surface area contributed by atoms with E-state index in [1.807, 2.05) is 0 Å². The third-order valence-corrected chi connectivity index (χ3v) is 7.92. The number of rotatable bonds is 7. The Morgan fingerprint density at radius 3 is 2.57 bits per heavy atom. The first-order valence-electron chi connectivity index (χ1n) is 12.4. The fourth-order valence-electron chi connectivity index (χ4n) is 4.97. The standard InChI is InChI=1S/C25H30F3N3O5S/c1-14-18(13-35-24(34)31(2)16-7-3-4-8-16)21(30-37-14)19-10-11-20(22(29-19)25(26,27)28)36-17-9-5-6-15(12-17)23(32)33/h10-11,15-17H,3-9,12-13H2,1-2H3,(H,32,33)/t15-,17-/m0/s1. The van der Waals surface area contributed by atoms with Gasteiger partial charge >= 0.3 is 18.2 Å². The molecule has 2 saturated carbocycles. The fourth-order valence-corrected chi connectivity index (χ4v) is 5.67. The molecular weight excluding hydrogens is 511 g/mol. The summed E-state index contributed by atoms with van der Waals surface area (Å²) in [6.07, 6.45) is -0.298. The number of alkyl halides is 3. The van der Waals surface area contributed by atoms with Crippen LogP contribution in [0.1, 0.15) is 67.5 Å². The van der Waals surface area contributed by atoms with Crippen LogP contribution in [0.2, 0.25) is 0 Å². The summed E-state index contributed by atoms with van der Waals surface area (Å²) < 4.78 is 57.3. The molecule has 0 radical (unpaired) electrons. The van der Waals surface area contributed by atoms with Crippen molar-refractivity contribution in [2.24, 2.45) is 5.92 Å². The predicted octanol–water partition coefficient (Wildman–Crippen LogP) is 6.07. The highest BCUT2D eigenvalue weighted by Gasteiger charge is 2.39. The summed E-state index contributed by atoms with van der Waals surface area (Å²) in [6, 6.07) is 2.73. The number of carbonyl (C=O) groups is 2. The Kier molecular flexibility index (Phi) is 8.25. The van der Waals surface area contributed by atoms with Crippen LogP contribution in [-0.2, 0) is 22.3 Å². The van der Waals surface area contributed by atoms with Crippen LogP contribution in [0.4, 0.5) is 18.0 Å². The largest absolute Gasteiger partial charge is 0.488 e. The molecule has 2 aromatic heterocycles. The number of carbonyl (C=O) groups excluding carboxylic acids is 1. The van der Waals surface area contributed by atoms with Gasteiger partial charge in [0.1, 0.15) is 12.3 Å². The molecule has 1 N–H and O–H groups in total. The normalized spacial score (nSPS) is 20.6. The van der Waals surface area contributed by atoms with Gasteiger partial charge in [0.25, 0.3) is 0 Å².